The van der Waals surface area contributed by atoms with Crippen molar-refractivity contribution in [3.63, 3.8) is 0 Å². The van der Waals surface area contributed by atoms with Crippen LogP contribution in [-0.4, -0.2) is 10.7 Å². The third-order valence-electron chi connectivity index (χ3n) is 5.97. The van der Waals surface area contributed by atoms with E-state index >= 15 is 0 Å². The van der Waals surface area contributed by atoms with Gasteiger partial charge in [-0.15, -0.1) is 0 Å². The summed E-state index contributed by atoms with van der Waals surface area (Å²) in [5.74, 6) is 1.18. The fourth-order valence-corrected chi connectivity index (χ4v) is 4.42. The first-order valence-electron chi connectivity index (χ1n) is 9.71. The van der Waals surface area contributed by atoms with E-state index in [1.165, 1.54) is 22.3 Å². The molecule has 0 aliphatic carbocycles. The molecule has 3 heteroatoms. The lowest BCUT2D eigenvalue weighted by atomic mass is 9.67. The molecule has 0 bridgehead atoms. The Bertz CT molecular complexity index is 1020. The van der Waals surface area contributed by atoms with E-state index in [-0.39, 0.29) is 17.6 Å². The number of hydrogen-bond donors (Lipinski definition) is 2. The molecule has 0 aromatic heterocycles. The van der Waals surface area contributed by atoms with Crippen molar-refractivity contribution in [3.8, 4) is 11.5 Å². The first-order valence-corrected chi connectivity index (χ1v) is 9.71. The summed E-state index contributed by atoms with van der Waals surface area (Å²) >= 11 is 0. The van der Waals surface area contributed by atoms with E-state index < -0.39 is 5.60 Å². The number of phenolic OH excluding ortho intramolecular Hbond substituents is 1. The van der Waals surface area contributed by atoms with Crippen LogP contribution in [0.3, 0.4) is 0 Å². The summed E-state index contributed by atoms with van der Waals surface area (Å²) in [4.78, 5) is 0. The Morgan fingerprint density at radius 1 is 0.857 bits per heavy atom. The maximum absolute atomic E-state index is 10.0. The van der Waals surface area contributed by atoms with Gasteiger partial charge in [-0.25, -0.2) is 0 Å². The van der Waals surface area contributed by atoms with Gasteiger partial charge in [0.1, 0.15) is 17.1 Å². The Morgan fingerprint density at radius 3 is 2.21 bits per heavy atom. The highest BCUT2D eigenvalue weighted by Gasteiger charge is 2.45. The van der Waals surface area contributed by atoms with Gasteiger partial charge in [0.15, 0.2) is 0 Å². The summed E-state index contributed by atoms with van der Waals surface area (Å²) in [6, 6.07) is 20.2. The van der Waals surface area contributed by atoms with Crippen molar-refractivity contribution in [3.05, 3.63) is 88.5 Å². The Kier molecular flexibility index (Phi) is 4.34. The van der Waals surface area contributed by atoms with E-state index in [1.807, 2.05) is 18.2 Å². The van der Waals surface area contributed by atoms with Crippen molar-refractivity contribution in [2.75, 3.05) is 5.73 Å². The van der Waals surface area contributed by atoms with Gasteiger partial charge in [0.05, 0.1) is 0 Å². The molecule has 1 aliphatic heterocycles. The highest BCUT2D eigenvalue weighted by molar-refractivity contribution is 5.53. The molecule has 3 nitrogen and oxygen atoms in total. The van der Waals surface area contributed by atoms with E-state index in [9.17, 15) is 5.11 Å². The van der Waals surface area contributed by atoms with Crippen molar-refractivity contribution in [1.29, 1.82) is 0 Å². The lowest BCUT2D eigenvalue weighted by molar-refractivity contribution is 0.0528. The molecular weight excluding hydrogens is 346 g/mol. The number of hydrogen-bond acceptors (Lipinski definition) is 3. The summed E-state index contributed by atoms with van der Waals surface area (Å²) in [6.07, 6.45) is 0. The number of anilines is 1. The first-order chi connectivity index (χ1) is 13.3. The SMILES string of the molecule is Cc1ccc(C2C(c3ccc(N)cc3)c3ccc(O)cc3OC2(C)C)cc1C. The van der Waals surface area contributed by atoms with Gasteiger partial charge < -0.3 is 15.6 Å². The summed E-state index contributed by atoms with van der Waals surface area (Å²) in [7, 11) is 0. The zero-order valence-corrected chi connectivity index (χ0v) is 16.9. The molecule has 2 unspecified atom stereocenters. The maximum Gasteiger partial charge on any atom is 0.127 e. The topological polar surface area (TPSA) is 55.5 Å². The molecule has 1 heterocycles. The molecule has 0 amide bonds. The second-order valence-electron chi connectivity index (χ2n) is 8.39. The lowest BCUT2D eigenvalue weighted by Crippen LogP contribution is -2.43. The van der Waals surface area contributed by atoms with Crippen molar-refractivity contribution in [1.82, 2.24) is 0 Å². The van der Waals surface area contributed by atoms with Crippen LogP contribution in [-0.2, 0) is 0 Å². The molecule has 0 radical (unpaired) electrons. The minimum atomic E-state index is -0.450. The number of aromatic hydroxyl groups is 1. The Balaban J connectivity index is 1.96. The number of phenols is 1. The van der Waals surface area contributed by atoms with Gasteiger partial charge in [0.25, 0.3) is 0 Å². The second kappa shape index (κ2) is 6.59. The van der Waals surface area contributed by atoms with Gasteiger partial charge in [-0.3, -0.25) is 0 Å². The van der Waals surface area contributed by atoms with E-state index in [4.69, 9.17) is 10.5 Å². The number of nitrogen functional groups attached to an aromatic ring is 1. The van der Waals surface area contributed by atoms with E-state index in [2.05, 4.69) is 58.0 Å². The highest BCUT2D eigenvalue weighted by atomic mass is 16.5. The minimum absolute atomic E-state index is 0.0991. The molecular formula is C25H27NO2. The largest absolute Gasteiger partial charge is 0.508 e. The average Bonchev–Trinajstić information content (AvgIpc) is 2.63. The van der Waals surface area contributed by atoms with Gasteiger partial charge in [-0.05, 0) is 68.1 Å². The molecule has 0 fully saturated rings. The van der Waals surface area contributed by atoms with Gasteiger partial charge in [-0.2, -0.15) is 0 Å². The fraction of sp³-hybridized carbons (Fsp3) is 0.280. The molecule has 144 valence electrons. The third-order valence-corrected chi connectivity index (χ3v) is 5.97. The van der Waals surface area contributed by atoms with Crippen LogP contribution in [0.25, 0.3) is 0 Å². The number of aryl methyl sites for hydroxylation is 2. The van der Waals surface area contributed by atoms with Crippen LogP contribution in [0.2, 0.25) is 0 Å². The molecule has 3 aromatic carbocycles. The number of fused-ring (bicyclic) bond motifs is 1. The Morgan fingerprint density at radius 2 is 1.54 bits per heavy atom. The standard InChI is InChI=1S/C25H27NO2/c1-15-5-6-18(13-16(15)2)24-23(17-7-9-19(26)10-8-17)21-12-11-20(27)14-22(21)28-25(24,3)4/h5-14,23-24,27H,26H2,1-4H3. The van der Waals surface area contributed by atoms with Crippen LogP contribution < -0.4 is 10.5 Å². The monoisotopic (exact) mass is 373 g/mol. The van der Waals surface area contributed by atoms with Gasteiger partial charge in [0.2, 0.25) is 0 Å². The highest BCUT2D eigenvalue weighted by Crippen LogP contribution is 2.53. The molecule has 4 rings (SSSR count). The molecule has 0 saturated heterocycles. The van der Waals surface area contributed by atoms with Crippen LogP contribution in [0.15, 0.2) is 60.7 Å². The zero-order valence-electron chi connectivity index (χ0n) is 16.9. The number of nitrogens with two attached hydrogens (primary N) is 1. The van der Waals surface area contributed by atoms with Crippen molar-refractivity contribution >= 4 is 5.69 Å². The first kappa shape index (κ1) is 18.4. The van der Waals surface area contributed by atoms with Gasteiger partial charge in [-0.1, -0.05) is 36.4 Å². The summed E-state index contributed by atoms with van der Waals surface area (Å²) in [5.41, 5.74) is 12.4. The maximum atomic E-state index is 10.0. The predicted molar refractivity (Wildman–Crippen MR) is 114 cm³/mol. The van der Waals surface area contributed by atoms with Crippen LogP contribution in [0.4, 0.5) is 5.69 Å². The number of ether oxygens (including phenoxy) is 1. The molecule has 3 N–H and O–H groups in total. The van der Waals surface area contributed by atoms with Crippen LogP contribution in [0, 0.1) is 13.8 Å². The van der Waals surface area contributed by atoms with Crippen molar-refractivity contribution in [2.24, 2.45) is 0 Å². The number of benzene rings is 3. The minimum Gasteiger partial charge on any atom is -0.508 e. The quantitative estimate of drug-likeness (QED) is 0.568. The van der Waals surface area contributed by atoms with Gasteiger partial charge >= 0.3 is 0 Å². The normalized spacial score (nSPS) is 20.3. The zero-order chi connectivity index (χ0) is 20.1. The Hall–Kier alpha value is -2.94. The van der Waals surface area contributed by atoms with Crippen LogP contribution in [0.1, 0.15) is 53.5 Å². The Labute approximate surface area is 166 Å². The van der Waals surface area contributed by atoms with Gasteiger partial charge in [0, 0.05) is 29.2 Å². The molecule has 2 atom stereocenters. The number of rotatable bonds is 2. The van der Waals surface area contributed by atoms with E-state index in [0.29, 0.717) is 0 Å². The molecule has 0 saturated carbocycles. The summed E-state index contributed by atoms with van der Waals surface area (Å²) in [5, 5.41) is 10.0. The molecule has 28 heavy (non-hydrogen) atoms. The average molecular weight is 373 g/mol. The molecule has 0 spiro atoms. The smallest absolute Gasteiger partial charge is 0.127 e. The summed E-state index contributed by atoms with van der Waals surface area (Å²) < 4.78 is 6.43. The molecule has 1 aliphatic rings. The van der Waals surface area contributed by atoms with Crippen molar-refractivity contribution < 1.29 is 9.84 Å². The van der Waals surface area contributed by atoms with Crippen molar-refractivity contribution in [2.45, 2.75) is 45.1 Å². The predicted octanol–water partition coefficient (Wildman–Crippen LogP) is 5.68. The third kappa shape index (κ3) is 3.11. The lowest BCUT2D eigenvalue weighted by Gasteiger charge is -2.46. The van der Waals surface area contributed by atoms with E-state index in [1.54, 1.807) is 12.1 Å². The fourth-order valence-electron chi connectivity index (χ4n) is 4.42. The van der Waals surface area contributed by atoms with Crippen LogP contribution in [0.5, 0.6) is 11.5 Å². The summed E-state index contributed by atoms with van der Waals surface area (Å²) in [6.45, 7) is 8.55. The van der Waals surface area contributed by atoms with Crippen LogP contribution >= 0.6 is 0 Å². The second-order valence-corrected chi connectivity index (χ2v) is 8.39. The molecule has 3 aromatic rings. The van der Waals surface area contributed by atoms with E-state index in [0.717, 1.165) is 17.0 Å².